The third-order valence-electron chi connectivity index (χ3n) is 3.80. The van der Waals surface area contributed by atoms with Gasteiger partial charge in [0.1, 0.15) is 0 Å². The summed E-state index contributed by atoms with van der Waals surface area (Å²) in [7, 11) is 0. The van der Waals surface area contributed by atoms with E-state index in [2.05, 4.69) is 36.4 Å². The lowest BCUT2D eigenvalue weighted by Crippen LogP contribution is -2.46. The summed E-state index contributed by atoms with van der Waals surface area (Å²) >= 11 is 0. The number of benzene rings is 1. The van der Waals surface area contributed by atoms with E-state index in [1.165, 1.54) is 10.9 Å². The third kappa shape index (κ3) is 3.58. The lowest BCUT2D eigenvalue weighted by molar-refractivity contribution is 0.162. The van der Waals surface area contributed by atoms with E-state index in [9.17, 15) is 5.11 Å². The fourth-order valence-corrected chi connectivity index (χ4v) is 2.47. The predicted octanol–water partition coefficient (Wildman–Crippen LogP) is 2.57. The number of rotatable bonds is 8. The highest BCUT2D eigenvalue weighted by Gasteiger charge is 2.21. The lowest BCUT2D eigenvalue weighted by atomic mass is 9.96. The first-order chi connectivity index (χ1) is 9.68. The Morgan fingerprint density at radius 2 is 2.15 bits per heavy atom. The minimum absolute atomic E-state index is 0.173. The minimum atomic E-state index is -0.182. The molecule has 0 bridgehead atoms. The Bertz CT molecular complexity index is 537. The molecular formula is C16H25N3O. The summed E-state index contributed by atoms with van der Waals surface area (Å²) in [5.41, 5.74) is 0.999. The van der Waals surface area contributed by atoms with Crippen molar-refractivity contribution in [2.75, 3.05) is 13.2 Å². The topological polar surface area (TPSA) is 50.1 Å². The van der Waals surface area contributed by atoms with Crippen molar-refractivity contribution in [2.45, 2.75) is 45.2 Å². The van der Waals surface area contributed by atoms with E-state index in [0.717, 1.165) is 32.4 Å². The zero-order valence-electron chi connectivity index (χ0n) is 12.5. The Morgan fingerprint density at radius 1 is 1.35 bits per heavy atom. The molecule has 0 amide bonds. The molecule has 0 aliphatic rings. The predicted molar refractivity (Wildman–Crippen MR) is 82.8 cm³/mol. The van der Waals surface area contributed by atoms with E-state index >= 15 is 0 Å². The maximum atomic E-state index is 9.56. The van der Waals surface area contributed by atoms with E-state index in [-0.39, 0.29) is 12.1 Å². The van der Waals surface area contributed by atoms with Gasteiger partial charge in [0.15, 0.2) is 0 Å². The first-order valence-corrected chi connectivity index (χ1v) is 7.45. The van der Waals surface area contributed by atoms with Gasteiger partial charge < -0.3 is 10.4 Å². The third-order valence-corrected chi connectivity index (χ3v) is 3.80. The molecule has 1 aromatic carbocycles. The molecule has 0 aliphatic heterocycles. The summed E-state index contributed by atoms with van der Waals surface area (Å²) in [6.45, 7) is 6.23. The second kappa shape index (κ2) is 6.86. The van der Waals surface area contributed by atoms with Gasteiger partial charge in [0.05, 0.1) is 18.3 Å². The fraction of sp³-hybridized carbons (Fsp3) is 0.562. The van der Waals surface area contributed by atoms with Crippen LogP contribution in [0.25, 0.3) is 10.9 Å². The standard InChI is InChI=1S/C16H25N3O/c1-3-10-17-16(2,13-20)9-6-11-19-15-8-5-4-7-14(15)12-18-19/h4-5,7-8,12,17,20H,3,6,9-11,13H2,1-2H3. The van der Waals surface area contributed by atoms with E-state index < -0.39 is 0 Å². The van der Waals surface area contributed by atoms with Gasteiger partial charge in [0.2, 0.25) is 0 Å². The molecule has 0 spiro atoms. The van der Waals surface area contributed by atoms with Gasteiger partial charge >= 0.3 is 0 Å². The normalized spacial score (nSPS) is 14.6. The Balaban J connectivity index is 1.92. The Morgan fingerprint density at radius 3 is 2.90 bits per heavy atom. The van der Waals surface area contributed by atoms with Gasteiger partial charge in [0.25, 0.3) is 0 Å². The van der Waals surface area contributed by atoms with Gasteiger partial charge in [-0.05, 0) is 38.8 Å². The smallest absolute Gasteiger partial charge is 0.0682 e. The highest BCUT2D eigenvalue weighted by molar-refractivity contribution is 5.78. The number of nitrogens with zero attached hydrogens (tertiary/aromatic N) is 2. The SMILES string of the molecule is CCCNC(C)(CO)CCCn1ncc2ccccc21. The van der Waals surface area contributed by atoms with Crippen LogP contribution < -0.4 is 5.32 Å². The summed E-state index contributed by atoms with van der Waals surface area (Å²) in [6, 6.07) is 8.26. The van der Waals surface area contributed by atoms with Crippen LogP contribution >= 0.6 is 0 Å². The highest BCUT2D eigenvalue weighted by Crippen LogP contribution is 2.16. The minimum Gasteiger partial charge on any atom is -0.394 e. The van der Waals surface area contributed by atoms with Crippen LogP contribution in [0.4, 0.5) is 0 Å². The number of aliphatic hydroxyl groups excluding tert-OH is 1. The van der Waals surface area contributed by atoms with E-state index in [1.54, 1.807) is 0 Å². The van der Waals surface area contributed by atoms with Gasteiger partial charge in [-0.15, -0.1) is 0 Å². The molecule has 1 heterocycles. The number of aromatic nitrogens is 2. The largest absolute Gasteiger partial charge is 0.394 e. The summed E-state index contributed by atoms with van der Waals surface area (Å²) in [6.07, 6.45) is 4.94. The molecule has 0 aliphatic carbocycles. The number of aliphatic hydroxyl groups is 1. The van der Waals surface area contributed by atoms with Crippen molar-refractivity contribution < 1.29 is 5.11 Å². The van der Waals surface area contributed by atoms with Crippen molar-refractivity contribution in [3.8, 4) is 0 Å². The van der Waals surface area contributed by atoms with Gasteiger partial charge in [-0.1, -0.05) is 25.1 Å². The molecule has 110 valence electrons. The molecule has 0 radical (unpaired) electrons. The molecule has 1 aromatic heterocycles. The molecule has 2 rings (SSSR count). The van der Waals surface area contributed by atoms with Crippen LogP contribution in [0.15, 0.2) is 30.5 Å². The van der Waals surface area contributed by atoms with E-state index in [4.69, 9.17) is 0 Å². The van der Waals surface area contributed by atoms with Gasteiger partial charge in [-0.25, -0.2) is 0 Å². The molecule has 1 atom stereocenters. The zero-order chi connectivity index (χ0) is 14.4. The maximum Gasteiger partial charge on any atom is 0.0682 e. The molecular weight excluding hydrogens is 250 g/mol. The molecule has 0 saturated heterocycles. The summed E-state index contributed by atoms with van der Waals surface area (Å²) in [4.78, 5) is 0. The molecule has 4 heteroatoms. The summed E-state index contributed by atoms with van der Waals surface area (Å²) in [5.74, 6) is 0. The lowest BCUT2D eigenvalue weighted by Gasteiger charge is -2.28. The van der Waals surface area contributed by atoms with Crippen molar-refractivity contribution in [1.82, 2.24) is 15.1 Å². The second-order valence-electron chi connectivity index (χ2n) is 5.68. The Kier molecular flexibility index (Phi) is 5.15. The summed E-state index contributed by atoms with van der Waals surface area (Å²) < 4.78 is 2.05. The number of hydrogen-bond acceptors (Lipinski definition) is 3. The van der Waals surface area contributed by atoms with Crippen molar-refractivity contribution in [1.29, 1.82) is 0 Å². The Hall–Kier alpha value is -1.39. The molecule has 2 aromatic rings. The number of aryl methyl sites for hydroxylation is 1. The van der Waals surface area contributed by atoms with Crippen LogP contribution in [-0.4, -0.2) is 33.6 Å². The monoisotopic (exact) mass is 275 g/mol. The molecule has 1 unspecified atom stereocenters. The van der Waals surface area contributed by atoms with Crippen LogP contribution in [0, 0.1) is 0 Å². The van der Waals surface area contributed by atoms with Crippen LogP contribution in [-0.2, 0) is 6.54 Å². The quantitative estimate of drug-likeness (QED) is 0.778. The average molecular weight is 275 g/mol. The molecule has 20 heavy (non-hydrogen) atoms. The molecule has 0 fully saturated rings. The first kappa shape index (κ1) is 15.0. The molecule has 2 N–H and O–H groups in total. The van der Waals surface area contributed by atoms with Crippen molar-refractivity contribution in [2.24, 2.45) is 0 Å². The first-order valence-electron chi connectivity index (χ1n) is 7.45. The van der Waals surface area contributed by atoms with Crippen molar-refractivity contribution >= 4 is 10.9 Å². The molecule has 0 saturated carbocycles. The number of hydrogen-bond donors (Lipinski definition) is 2. The average Bonchev–Trinajstić information content (AvgIpc) is 2.89. The van der Waals surface area contributed by atoms with Gasteiger partial charge in [-0.2, -0.15) is 5.10 Å². The van der Waals surface area contributed by atoms with E-state index in [1.807, 2.05) is 23.0 Å². The number of para-hydroxylation sites is 1. The molecule has 4 nitrogen and oxygen atoms in total. The van der Waals surface area contributed by atoms with Gasteiger partial charge in [0, 0.05) is 17.5 Å². The van der Waals surface area contributed by atoms with Crippen LogP contribution in [0.5, 0.6) is 0 Å². The van der Waals surface area contributed by atoms with E-state index in [0.29, 0.717) is 0 Å². The zero-order valence-corrected chi connectivity index (χ0v) is 12.5. The van der Waals surface area contributed by atoms with Crippen molar-refractivity contribution in [3.05, 3.63) is 30.5 Å². The maximum absolute atomic E-state index is 9.56. The number of nitrogens with one attached hydrogen (secondary N) is 1. The van der Waals surface area contributed by atoms with Crippen LogP contribution in [0.1, 0.15) is 33.1 Å². The second-order valence-corrected chi connectivity index (χ2v) is 5.68. The van der Waals surface area contributed by atoms with Gasteiger partial charge in [-0.3, -0.25) is 4.68 Å². The Labute approximate surface area is 120 Å². The van der Waals surface area contributed by atoms with Crippen LogP contribution in [0.2, 0.25) is 0 Å². The fourth-order valence-electron chi connectivity index (χ4n) is 2.47. The highest BCUT2D eigenvalue weighted by atomic mass is 16.3. The summed E-state index contributed by atoms with van der Waals surface area (Å²) in [5, 5.41) is 18.6. The van der Waals surface area contributed by atoms with Crippen molar-refractivity contribution in [3.63, 3.8) is 0 Å². The number of fused-ring (bicyclic) bond motifs is 1. The van der Waals surface area contributed by atoms with Crippen LogP contribution in [0.3, 0.4) is 0 Å².